The Hall–Kier alpha value is -3.95. The van der Waals surface area contributed by atoms with Crippen LogP contribution in [0.25, 0.3) is 22.5 Å². The molecule has 0 saturated heterocycles. The first kappa shape index (κ1) is 20.3. The second-order valence-corrected chi connectivity index (χ2v) is 6.80. The first-order valence-electron chi connectivity index (χ1n) is 9.82. The molecule has 0 fully saturated rings. The molecule has 160 valence electrons. The minimum absolute atomic E-state index is 0.137. The van der Waals surface area contributed by atoms with Crippen LogP contribution in [0.4, 0.5) is 5.95 Å². The Labute approximate surface area is 178 Å². The van der Waals surface area contributed by atoms with E-state index in [9.17, 15) is 4.79 Å². The van der Waals surface area contributed by atoms with Crippen molar-refractivity contribution in [2.45, 2.75) is 25.8 Å². The summed E-state index contributed by atoms with van der Waals surface area (Å²) >= 11 is 0. The predicted octanol–water partition coefficient (Wildman–Crippen LogP) is 2.83. The Kier molecular flexibility index (Phi) is 6.06. The quantitative estimate of drug-likeness (QED) is 0.319. The fourth-order valence-electron chi connectivity index (χ4n) is 3.12. The molecule has 4 aromatic heterocycles. The number of aromatic nitrogens is 5. The maximum absolute atomic E-state index is 11.1. The Morgan fingerprint density at radius 3 is 2.87 bits per heavy atom. The maximum atomic E-state index is 11.1. The summed E-state index contributed by atoms with van der Waals surface area (Å²) in [6.07, 6.45) is 5.08. The number of rotatable bonds is 9. The van der Waals surface area contributed by atoms with Crippen LogP contribution < -0.4 is 10.5 Å². The number of anilines is 1. The Morgan fingerprint density at radius 1 is 1.16 bits per heavy atom. The van der Waals surface area contributed by atoms with Crippen molar-refractivity contribution in [2.24, 2.45) is 0 Å². The van der Waals surface area contributed by atoms with Crippen LogP contribution in [0.3, 0.4) is 0 Å². The van der Waals surface area contributed by atoms with Gasteiger partial charge in [0, 0.05) is 12.5 Å². The number of hydrogen-bond donors (Lipinski definition) is 1. The van der Waals surface area contributed by atoms with Gasteiger partial charge in [0.1, 0.15) is 5.69 Å². The van der Waals surface area contributed by atoms with Crippen molar-refractivity contribution in [3.63, 3.8) is 0 Å². The van der Waals surface area contributed by atoms with E-state index in [-0.39, 0.29) is 11.9 Å². The summed E-state index contributed by atoms with van der Waals surface area (Å²) in [6, 6.07) is 9.14. The molecule has 0 aliphatic rings. The molecule has 0 spiro atoms. The average molecular weight is 422 g/mol. The van der Waals surface area contributed by atoms with Gasteiger partial charge in [-0.25, -0.2) is 14.6 Å². The minimum atomic E-state index is -0.216. The largest absolute Gasteiger partial charge is 0.478 e. The molecule has 0 aliphatic carbocycles. The van der Waals surface area contributed by atoms with Gasteiger partial charge in [-0.2, -0.15) is 10.1 Å². The molecule has 0 amide bonds. The van der Waals surface area contributed by atoms with E-state index in [0.29, 0.717) is 49.0 Å². The average Bonchev–Trinajstić information content (AvgIpc) is 3.44. The Morgan fingerprint density at radius 2 is 2.06 bits per heavy atom. The number of carbonyl (C=O) groups excluding carboxylic acids is 1. The number of nitrogens with zero attached hydrogens (tertiary/aromatic N) is 5. The highest BCUT2D eigenvalue weighted by atomic mass is 16.5. The van der Waals surface area contributed by atoms with Crippen LogP contribution >= 0.6 is 0 Å². The van der Waals surface area contributed by atoms with Gasteiger partial charge in [-0.3, -0.25) is 4.79 Å². The molecule has 4 heterocycles. The summed E-state index contributed by atoms with van der Waals surface area (Å²) in [5.41, 5.74) is 7.86. The number of hydrogen-bond acceptors (Lipinski definition) is 9. The molecule has 10 heteroatoms. The smallest absolute Gasteiger partial charge is 0.305 e. The molecule has 0 aromatic carbocycles. The van der Waals surface area contributed by atoms with Crippen LogP contribution in [-0.4, -0.2) is 44.4 Å². The molecule has 0 bridgehead atoms. The summed E-state index contributed by atoms with van der Waals surface area (Å²) in [7, 11) is 1.38. The highest BCUT2D eigenvalue weighted by Crippen LogP contribution is 2.27. The van der Waals surface area contributed by atoms with Crippen LogP contribution in [0.5, 0.6) is 5.88 Å². The number of unbranched alkanes of at least 4 members (excludes halogenated alkanes) is 1. The van der Waals surface area contributed by atoms with Gasteiger partial charge >= 0.3 is 5.97 Å². The number of esters is 1. The van der Waals surface area contributed by atoms with Crippen LogP contribution in [0.2, 0.25) is 0 Å². The van der Waals surface area contributed by atoms with E-state index in [1.54, 1.807) is 29.3 Å². The van der Waals surface area contributed by atoms with Crippen LogP contribution in [0.1, 0.15) is 25.0 Å². The lowest BCUT2D eigenvalue weighted by atomic mass is 10.2. The van der Waals surface area contributed by atoms with Crippen molar-refractivity contribution in [1.29, 1.82) is 0 Å². The third-order valence-corrected chi connectivity index (χ3v) is 4.61. The molecule has 2 N–H and O–H groups in total. The summed E-state index contributed by atoms with van der Waals surface area (Å²) in [4.78, 5) is 24.3. The Balaban J connectivity index is 1.46. The molecule has 4 aromatic rings. The number of nitrogen functional groups attached to an aromatic ring is 1. The first-order chi connectivity index (χ1) is 15.1. The van der Waals surface area contributed by atoms with Gasteiger partial charge in [0.05, 0.1) is 43.8 Å². The molecule has 0 unspecified atom stereocenters. The number of carbonyl (C=O) groups is 1. The van der Waals surface area contributed by atoms with E-state index in [1.807, 2.05) is 18.2 Å². The molecule has 10 nitrogen and oxygen atoms in total. The molecule has 0 saturated carbocycles. The number of methoxy groups -OCH3 is 1. The highest BCUT2D eigenvalue weighted by Gasteiger charge is 2.16. The van der Waals surface area contributed by atoms with Gasteiger partial charge in [0.2, 0.25) is 11.8 Å². The molecule has 31 heavy (non-hydrogen) atoms. The highest BCUT2D eigenvalue weighted by molar-refractivity contribution is 5.89. The van der Waals surface area contributed by atoms with Gasteiger partial charge in [0.15, 0.2) is 11.4 Å². The SMILES string of the molecule is COC(=O)CCCCOc1cccc(Cn2ncc3c(-c4ccco4)nc(N)nc32)n1. The van der Waals surface area contributed by atoms with Gasteiger partial charge in [0.25, 0.3) is 0 Å². The van der Waals surface area contributed by atoms with Crippen LogP contribution in [0.15, 0.2) is 47.2 Å². The third kappa shape index (κ3) is 4.80. The van der Waals surface area contributed by atoms with Gasteiger partial charge in [-0.1, -0.05) is 6.07 Å². The number of furan rings is 1. The van der Waals surface area contributed by atoms with Crippen molar-refractivity contribution in [3.8, 4) is 17.3 Å². The van der Waals surface area contributed by atoms with E-state index < -0.39 is 0 Å². The van der Waals surface area contributed by atoms with E-state index in [1.165, 1.54) is 7.11 Å². The third-order valence-electron chi connectivity index (χ3n) is 4.61. The molecular formula is C21H22N6O4. The van der Waals surface area contributed by atoms with Crippen molar-refractivity contribution in [1.82, 2.24) is 24.7 Å². The standard InChI is InChI=1S/C21H22N6O4/c1-29-18(28)9-2-3-10-31-17-8-4-6-14(24-17)13-27-20-15(12-23-27)19(25-21(22)26-20)16-7-5-11-30-16/h4-8,11-12H,2-3,9-10,13H2,1H3,(H2,22,25,26). The molecule has 4 rings (SSSR count). The molecular weight excluding hydrogens is 400 g/mol. The summed E-state index contributed by atoms with van der Waals surface area (Å²) in [5, 5.41) is 5.17. The fraction of sp³-hybridized carbons (Fsp3) is 0.286. The Bertz CT molecular complexity index is 1170. The van der Waals surface area contributed by atoms with Crippen molar-refractivity contribution in [2.75, 3.05) is 19.5 Å². The second-order valence-electron chi connectivity index (χ2n) is 6.80. The topological polar surface area (TPSA) is 131 Å². The molecule has 0 atom stereocenters. The summed E-state index contributed by atoms with van der Waals surface area (Å²) < 4.78 is 17.5. The number of nitrogens with two attached hydrogens (primary N) is 1. The second kappa shape index (κ2) is 9.24. The van der Waals surface area contributed by atoms with E-state index >= 15 is 0 Å². The predicted molar refractivity (Wildman–Crippen MR) is 112 cm³/mol. The minimum Gasteiger partial charge on any atom is -0.478 e. The number of fused-ring (bicyclic) bond motifs is 1. The van der Waals surface area contributed by atoms with Crippen molar-refractivity contribution in [3.05, 3.63) is 48.5 Å². The van der Waals surface area contributed by atoms with Gasteiger partial charge in [-0.05, 0) is 31.0 Å². The lowest BCUT2D eigenvalue weighted by Crippen LogP contribution is -2.07. The zero-order valence-electron chi connectivity index (χ0n) is 17.0. The van der Waals surface area contributed by atoms with Crippen molar-refractivity contribution < 1.29 is 18.7 Å². The zero-order chi connectivity index (χ0) is 21.6. The molecule has 0 radical (unpaired) electrons. The summed E-state index contributed by atoms with van der Waals surface area (Å²) in [6.45, 7) is 0.853. The molecule has 0 aliphatic heterocycles. The normalized spacial score (nSPS) is 11.0. The lowest BCUT2D eigenvalue weighted by molar-refractivity contribution is -0.140. The van der Waals surface area contributed by atoms with Crippen LogP contribution in [-0.2, 0) is 16.1 Å². The summed E-state index contributed by atoms with van der Waals surface area (Å²) in [5.74, 6) is 1.03. The first-order valence-corrected chi connectivity index (χ1v) is 9.82. The zero-order valence-corrected chi connectivity index (χ0v) is 17.0. The fourth-order valence-corrected chi connectivity index (χ4v) is 3.12. The van der Waals surface area contributed by atoms with Crippen LogP contribution in [0, 0.1) is 0 Å². The monoisotopic (exact) mass is 422 g/mol. The number of ether oxygens (including phenoxy) is 2. The van der Waals surface area contributed by atoms with E-state index in [0.717, 1.165) is 17.5 Å². The van der Waals surface area contributed by atoms with Crippen molar-refractivity contribution >= 4 is 23.0 Å². The van der Waals surface area contributed by atoms with Gasteiger partial charge < -0.3 is 19.6 Å². The number of pyridine rings is 1. The van der Waals surface area contributed by atoms with Gasteiger partial charge in [-0.15, -0.1) is 0 Å². The van der Waals surface area contributed by atoms with E-state index in [2.05, 4.69) is 24.8 Å². The lowest BCUT2D eigenvalue weighted by Gasteiger charge is -2.08. The maximum Gasteiger partial charge on any atom is 0.305 e. The van der Waals surface area contributed by atoms with E-state index in [4.69, 9.17) is 14.9 Å².